The van der Waals surface area contributed by atoms with E-state index in [0.717, 1.165) is 19.3 Å². The Balaban J connectivity index is 2.48. The summed E-state index contributed by atoms with van der Waals surface area (Å²) in [6, 6.07) is 9.72. The highest BCUT2D eigenvalue weighted by Gasteiger charge is 2.26. The smallest absolute Gasteiger partial charge is 0.179 e. The Hall–Kier alpha value is -1.41. The fourth-order valence-corrected chi connectivity index (χ4v) is 1.86. The van der Waals surface area contributed by atoms with Gasteiger partial charge in [-0.3, -0.25) is 0 Å². The van der Waals surface area contributed by atoms with Crippen LogP contribution in [0.3, 0.4) is 0 Å². The molecule has 98 valence electrons. The monoisotopic (exact) mass is 248 g/mol. The van der Waals surface area contributed by atoms with Gasteiger partial charge in [0.1, 0.15) is 0 Å². The predicted molar refractivity (Wildman–Crippen MR) is 69.9 cm³/mol. The van der Waals surface area contributed by atoms with Gasteiger partial charge in [0.25, 0.3) is 0 Å². The third kappa shape index (κ3) is 3.81. The second-order valence-corrected chi connectivity index (χ2v) is 4.19. The second-order valence-electron chi connectivity index (χ2n) is 4.19. The molecule has 1 rings (SSSR count). The van der Waals surface area contributed by atoms with Crippen molar-refractivity contribution in [2.75, 3.05) is 20.8 Å². The Kier molecular flexibility index (Phi) is 5.79. The molecule has 0 aliphatic heterocycles. The summed E-state index contributed by atoms with van der Waals surface area (Å²) >= 11 is 0. The van der Waals surface area contributed by atoms with Crippen LogP contribution in [0.4, 0.5) is 0 Å². The van der Waals surface area contributed by atoms with Gasteiger partial charge in [-0.2, -0.15) is 5.26 Å². The Morgan fingerprint density at radius 3 is 2.28 bits per heavy atom. The first-order chi connectivity index (χ1) is 8.69. The molecule has 0 amide bonds. The van der Waals surface area contributed by atoms with Gasteiger partial charge < -0.3 is 15.2 Å². The summed E-state index contributed by atoms with van der Waals surface area (Å²) in [5.41, 5.74) is 7.55. The largest absolute Gasteiger partial charge is 0.352 e. The molecule has 0 bridgehead atoms. The molecule has 0 aliphatic carbocycles. The highest BCUT2D eigenvalue weighted by Crippen LogP contribution is 2.18. The highest BCUT2D eigenvalue weighted by atomic mass is 16.7. The van der Waals surface area contributed by atoms with Gasteiger partial charge in [0.15, 0.2) is 5.79 Å². The molecule has 0 atom stereocenters. The summed E-state index contributed by atoms with van der Waals surface area (Å²) in [7, 11) is 3.22. The van der Waals surface area contributed by atoms with E-state index >= 15 is 0 Å². The van der Waals surface area contributed by atoms with E-state index in [9.17, 15) is 0 Å². The minimum atomic E-state index is -0.674. The van der Waals surface area contributed by atoms with Crippen LogP contribution in [0.2, 0.25) is 0 Å². The van der Waals surface area contributed by atoms with Gasteiger partial charge in [0.05, 0.1) is 11.6 Å². The van der Waals surface area contributed by atoms with Gasteiger partial charge in [-0.25, -0.2) is 0 Å². The number of benzene rings is 1. The quantitative estimate of drug-likeness (QED) is 0.747. The first kappa shape index (κ1) is 14.7. The number of hydrogen-bond donors (Lipinski definition) is 1. The van der Waals surface area contributed by atoms with Crippen molar-refractivity contribution in [1.82, 2.24) is 0 Å². The van der Waals surface area contributed by atoms with Crippen molar-refractivity contribution in [2.45, 2.75) is 25.0 Å². The molecule has 1 aromatic carbocycles. The van der Waals surface area contributed by atoms with E-state index in [-0.39, 0.29) is 0 Å². The lowest BCUT2D eigenvalue weighted by atomic mass is 10.0. The first-order valence-electron chi connectivity index (χ1n) is 5.99. The van der Waals surface area contributed by atoms with Crippen LogP contribution < -0.4 is 5.73 Å². The van der Waals surface area contributed by atoms with E-state index in [4.69, 9.17) is 20.5 Å². The molecule has 0 aliphatic rings. The SMILES string of the molecule is COC(CN)(CCCc1ccc(C#N)cc1)OC. The van der Waals surface area contributed by atoms with Crippen molar-refractivity contribution in [3.05, 3.63) is 35.4 Å². The van der Waals surface area contributed by atoms with E-state index in [2.05, 4.69) is 6.07 Å². The Morgan fingerprint density at radius 1 is 1.22 bits per heavy atom. The van der Waals surface area contributed by atoms with Crippen LogP contribution in [0, 0.1) is 11.3 Å². The van der Waals surface area contributed by atoms with Gasteiger partial charge >= 0.3 is 0 Å². The maximum absolute atomic E-state index is 8.71. The fourth-order valence-electron chi connectivity index (χ4n) is 1.86. The van der Waals surface area contributed by atoms with Gasteiger partial charge in [-0.1, -0.05) is 12.1 Å². The van der Waals surface area contributed by atoms with Gasteiger partial charge in [0, 0.05) is 27.2 Å². The summed E-state index contributed by atoms with van der Waals surface area (Å²) in [5.74, 6) is -0.674. The summed E-state index contributed by atoms with van der Waals surface area (Å²) < 4.78 is 10.6. The summed E-state index contributed by atoms with van der Waals surface area (Å²) in [6.45, 7) is 0.341. The molecule has 0 radical (unpaired) electrons. The van der Waals surface area contributed by atoms with Crippen LogP contribution in [0.1, 0.15) is 24.0 Å². The van der Waals surface area contributed by atoms with Crippen LogP contribution in [0.5, 0.6) is 0 Å². The molecule has 18 heavy (non-hydrogen) atoms. The van der Waals surface area contributed by atoms with Crippen LogP contribution in [0.15, 0.2) is 24.3 Å². The average Bonchev–Trinajstić information content (AvgIpc) is 2.45. The molecule has 0 unspecified atom stereocenters. The highest BCUT2D eigenvalue weighted by molar-refractivity contribution is 5.31. The zero-order valence-corrected chi connectivity index (χ0v) is 11.0. The topological polar surface area (TPSA) is 68.3 Å². The third-order valence-corrected chi connectivity index (χ3v) is 3.16. The number of ether oxygens (including phenoxy) is 2. The maximum Gasteiger partial charge on any atom is 0.179 e. The molecule has 0 saturated heterocycles. The van der Waals surface area contributed by atoms with E-state index in [0.29, 0.717) is 12.1 Å². The number of nitrogens with zero attached hydrogens (tertiary/aromatic N) is 1. The lowest BCUT2D eigenvalue weighted by Crippen LogP contribution is -2.41. The summed E-state index contributed by atoms with van der Waals surface area (Å²) in [6.07, 6.45) is 2.58. The molecular weight excluding hydrogens is 228 g/mol. The number of rotatable bonds is 7. The van der Waals surface area contributed by atoms with E-state index < -0.39 is 5.79 Å². The van der Waals surface area contributed by atoms with Crippen molar-refractivity contribution in [3.63, 3.8) is 0 Å². The van der Waals surface area contributed by atoms with E-state index in [1.54, 1.807) is 14.2 Å². The molecule has 0 fully saturated rings. The van der Waals surface area contributed by atoms with Gasteiger partial charge in [-0.05, 0) is 30.5 Å². The van der Waals surface area contributed by atoms with E-state index in [1.165, 1.54) is 5.56 Å². The predicted octanol–water partition coefficient (Wildman–Crippen LogP) is 1.83. The van der Waals surface area contributed by atoms with Crippen LogP contribution >= 0.6 is 0 Å². The number of nitrogens with two attached hydrogens (primary N) is 1. The molecule has 0 aromatic heterocycles. The van der Waals surface area contributed by atoms with Gasteiger partial charge in [-0.15, -0.1) is 0 Å². The van der Waals surface area contributed by atoms with Crippen molar-refractivity contribution < 1.29 is 9.47 Å². The van der Waals surface area contributed by atoms with Crippen molar-refractivity contribution >= 4 is 0 Å². The maximum atomic E-state index is 8.71. The molecular formula is C14H20N2O2. The Labute approximate surface area is 108 Å². The molecule has 0 heterocycles. The molecule has 4 nitrogen and oxygen atoms in total. The lowest BCUT2D eigenvalue weighted by Gasteiger charge is -2.29. The molecule has 2 N–H and O–H groups in total. The minimum Gasteiger partial charge on any atom is -0.352 e. The lowest BCUT2D eigenvalue weighted by molar-refractivity contribution is -0.203. The average molecular weight is 248 g/mol. The molecule has 1 aromatic rings. The zero-order chi connectivity index (χ0) is 13.4. The number of nitriles is 1. The second kappa shape index (κ2) is 7.12. The summed E-state index contributed by atoms with van der Waals surface area (Å²) in [5, 5.41) is 8.71. The third-order valence-electron chi connectivity index (χ3n) is 3.16. The van der Waals surface area contributed by atoms with Crippen LogP contribution in [-0.2, 0) is 15.9 Å². The zero-order valence-electron chi connectivity index (χ0n) is 11.0. The van der Waals surface area contributed by atoms with E-state index in [1.807, 2.05) is 24.3 Å². The van der Waals surface area contributed by atoms with Crippen molar-refractivity contribution in [2.24, 2.45) is 5.73 Å². The number of methoxy groups -OCH3 is 2. The van der Waals surface area contributed by atoms with Crippen LogP contribution in [-0.4, -0.2) is 26.6 Å². The minimum absolute atomic E-state index is 0.341. The molecule has 0 saturated carbocycles. The summed E-state index contributed by atoms with van der Waals surface area (Å²) in [4.78, 5) is 0. The Bertz CT molecular complexity index is 383. The standard InChI is InChI=1S/C14H20N2O2/c1-17-14(11-16,18-2)9-3-4-12-5-7-13(10-15)8-6-12/h5-8H,3-4,9,11,16H2,1-2H3. The van der Waals surface area contributed by atoms with Crippen molar-refractivity contribution in [3.8, 4) is 6.07 Å². The molecule has 0 spiro atoms. The normalized spacial score (nSPS) is 11.2. The van der Waals surface area contributed by atoms with Gasteiger partial charge in [0.2, 0.25) is 0 Å². The number of aryl methyl sites for hydroxylation is 1. The number of hydrogen-bond acceptors (Lipinski definition) is 4. The first-order valence-corrected chi connectivity index (χ1v) is 5.99. The Morgan fingerprint density at radius 2 is 1.83 bits per heavy atom. The fraction of sp³-hybridized carbons (Fsp3) is 0.500. The van der Waals surface area contributed by atoms with Crippen LogP contribution in [0.25, 0.3) is 0 Å². The van der Waals surface area contributed by atoms with Crippen molar-refractivity contribution in [1.29, 1.82) is 5.26 Å². The molecule has 4 heteroatoms.